The van der Waals surface area contributed by atoms with Crippen molar-refractivity contribution in [2.45, 2.75) is 116 Å². The first-order chi connectivity index (χ1) is 36.2. The number of ether oxygens (including phenoxy) is 13. The Balaban J connectivity index is 0.893. The Morgan fingerprint density at radius 3 is 1.03 bits per heavy atom. The summed E-state index contributed by atoms with van der Waals surface area (Å²) in [4.78, 5) is 24.2. The van der Waals surface area contributed by atoms with Crippen LogP contribution in [0.2, 0.25) is 0 Å². The third-order valence-electron chi connectivity index (χ3n) is 12.1. The van der Waals surface area contributed by atoms with Gasteiger partial charge < -0.3 is 66.9 Å². The molecule has 73 heavy (non-hydrogen) atoms. The average Bonchev–Trinajstić information content (AvgIpc) is 3.73. The van der Waals surface area contributed by atoms with Gasteiger partial charge in [0.05, 0.1) is 145 Å². The maximum atomic E-state index is 12.3. The molecule has 3 rings (SSSR count). The molecule has 1 amide bonds. The van der Waals surface area contributed by atoms with Gasteiger partial charge in [0.2, 0.25) is 0 Å². The van der Waals surface area contributed by atoms with Gasteiger partial charge in [0.15, 0.2) is 0 Å². The summed E-state index contributed by atoms with van der Waals surface area (Å²) in [5.74, 6) is -0.103. The summed E-state index contributed by atoms with van der Waals surface area (Å²) in [6.45, 7) is 13.4. The lowest BCUT2D eigenvalue weighted by Gasteiger charge is -2.14. The largest absolute Gasteiger partial charge is 0.463 e. The highest BCUT2D eigenvalue weighted by atomic mass is 16.6. The second-order valence-electron chi connectivity index (χ2n) is 17.9. The van der Waals surface area contributed by atoms with Crippen LogP contribution in [0, 0.1) is 0 Å². The van der Waals surface area contributed by atoms with Crippen molar-refractivity contribution in [2.24, 2.45) is 0 Å². The Kier molecular flexibility index (Phi) is 42.4. The Morgan fingerprint density at radius 1 is 0.370 bits per heavy atom. The predicted octanol–water partition coefficient (Wildman–Crippen LogP) is 9.51. The van der Waals surface area contributed by atoms with E-state index in [1.54, 1.807) is 0 Å². The second-order valence-corrected chi connectivity index (χ2v) is 17.9. The van der Waals surface area contributed by atoms with Crippen LogP contribution >= 0.6 is 0 Å². The van der Waals surface area contributed by atoms with Crippen molar-refractivity contribution in [3.8, 4) is 11.1 Å². The third kappa shape index (κ3) is 35.6. The van der Waals surface area contributed by atoms with Crippen LogP contribution in [0.3, 0.4) is 0 Å². The molecule has 0 aromatic heterocycles. The molecule has 2 aromatic carbocycles. The highest BCUT2D eigenvalue weighted by molar-refractivity contribution is 5.79. The monoisotopic (exact) mass is 1030 g/mol. The molecule has 0 unspecified atom stereocenters. The van der Waals surface area contributed by atoms with Crippen LogP contribution in [-0.2, 0) is 66.4 Å². The summed E-state index contributed by atoms with van der Waals surface area (Å²) >= 11 is 0. The molecule has 0 saturated heterocycles. The number of benzene rings is 2. The molecule has 2 aromatic rings. The topological polar surface area (TPSA) is 166 Å². The maximum absolute atomic E-state index is 12.3. The van der Waals surface area contributed by atoms with Crippen molar-refractivity contribution in [3.05, 3.63) is 59.7 Å². The minimum atomic E-state index is -0.455. The van der Waals surface area contributed by atoms with Gasteiger partial charge in [-0.05, 0) is 28.7 Å². The van der Waals surface area contributed by atoms with Crippen LogP contribution in [0.4, 0.5) is 4.79 Å². The van der Waals surface area contributed by atoms with Crippen molar-refractivity contribution in [2.75, 3.05) is 165 Å². The molecule has 1 aliphatic rings. The Bertz CT molecular complexity index is 1520. The lowest BCUT2D eigenvalue weighted by Crippen LogP contribution is -2.29. The Labute approximate surface area is 438 Å². The van der Waals surface area contributed by atoms with Crippen LogP contribution in [0.1, 0.15) is 127 Å². The van der Waals surface area contributed by atoms with Crippen molar-refractivity contribution in [1.82, 2.24) is 5.32 Å². The summed E-state index contributed by atoms with van der Waals surface area (Å²) < 4.78 is 71.6. The fraction of sp³-hybridized carbons (Fsp3) is 0.754. The van der Waals surface area contributed by atoms with E-state index in [-0.39, 0.29) is 25.1 Å². The fourth-order valence-corrected chi connectivity index (χ4v) is 8.10. The number of unbranched alkanes of at least 4 members (excludes halogenated alkanes) is 14. The highest BCUT2D eigenvalue weighted by Crippen LogP contribution is 2.44. The molecule has 1 N–H and O–H groups in total. The van der Waals surface area contributed by atoms with Crippen molar-refractivity contribution < 1.29 is 71.2 Å². The zero-order valence-corrected chi connectivity index (χ0v) is 44.8. The van der Waals surface area contributed by atoms with E-state index in [2.05, 4.69) is 36.5 Å². The third-order valence-corrected chi connectivity index (χ3v) is 12.1. The number of rotatable bonds is 54. The van der Waals surface area contributed by atoms with Crippen LogP contribution in [-0.4, -0.2) is 177 Å². The standard InChI is InChI=1S/C57H95NO15/c1-2-3-4-5-6-7-8-9-10-11-12-13-14-15-16-25-56(59)72-49-48-71-47-46-70-45-44-69-43-42-68-41-40-67-39-38-66-37-36-65-35-34-64-33-32-63-31-30-62-29-28-61-27-26-58-57(60)73-50-55-53-23-19-17-21-51(53)52-22-18-20-24-54(52)55/h17-24,55H,2-16,25-50H2,1H3,(H,58,60). The molecule has 16 nitrogen and oxygen atoms in total. The van der Waals surface area contributed by atoms with Gasteiger partial charge in [-0.1, -0.05) is 145 Å². The number of carbonyl (C=O) groups excluding carboxylic acids is 2. The zero-order chi connectivity index (χ0) is 51.6. The van der Waals surface area contributed by atoms with E-state index in [1.807, 2.05) is 24.3 Å². The predicted molar refractivity (Wildman–Crippen MR) is 283 cm³/mol. The molecule has 0 radical (unpaired) electrons. The van der Waals surface area contributed by atoms with Gasteiger partial charge in [0.25, 0.3) is 0 Å². The second kappa shape index (κ2) is 48.4. The average molecular weight is 1030 g/mol. The normalized spacial score (nSPS) is 12.1. The van der Waals surface area contributed by atoms with Gasteiger partial charge in [0.1, 0.15) is 13.2 Å². The number of fused-ring (bicyclic) bond motifs is 3. The molecule has 0 atom stereocenters. The highest BCUT2D eigenvalue weighted by Gasteiger charge is 2.29. The summed E-state index contributed by atoms with van der Waals surface area (Å²) in [6.07, 6.45) is 19.7. The number of esters is 1. The van der Waals surface area contributed by atoms with E-state index in [1.165, 1.54) is 106 Å². The SMILES string of the molecule is CCCCCCCCCCCCCCCCCC(=O)OCCOCCOCCOCCOCCOCCOCCOCCOCCOCCOCCOCCNC(=O)OCC1c2ccccc2-c2ccccc21. The first-order valence-corrected chi connectivity index (χ1v) is 27.8. The lowest BCUT2D eigenvalue weighted by molar-refractivity contribution is -0.145. The maximum Gasteiger partial charge on any atom is 0.407 e. The van der Waals surface area contributed by atoms with E-state index in [9.17, 15) is 9.59 Å². The quantitative estimate of drug-likeness (QED) is 0.0491. The van der Waals surface area contributed by atoms with E-state index < -0.39 is 6.09 Å². The zero-order valence-electron chi connectivity index (χ0n) is 44.8. The summed E-state index contributed by atoms with van der Waals surface area (Å²) in [7, 11) is 0. The van der Waals surface area contributed by atoms with E-state index in [0.29, 0.717) is 158 Å². The number of amides is 1. The van der Waals surface area contributed by atoms with Gasteiger partial charge >= 0.3 is 12.1 Å². The number of hydrogen-bond acceptors (Lipinski definition) is 15. The van der Waals surface area contributed by atoms with Crippen molar-refractivity contribution in [1.29, 1.82) is 0 Å². The molecule has 0 aliphatic heterocycles. The van der Waals surface area contributed by atoms with Gasteiger partial charge in [0, 0.05) is 18.9 Å². The van der Waals surface area contributed by atoms with Crippen LogP contribution in [0.15, 0.2) is 48.5 Å². The molecular formula is C57H95NO15. The lowest BCUT2D eigenvalue weighted by atomic mass is 9.98. The number of hydrogen-bond donors (Lipinski definition) is 1. The first-order valence-electron chi connectivity index (χ1n) is 27.8. The van der Waals surface area contributed by atoms with Gasteiger partial charge in [-0.15, -0.1) is 0 Å². The molecule has 0 heterocycles. The van der Waals surface area contributed by atoms with Gasteiger partial charge in [-0.25, -0.2) is 4.79 Å². The van der Waals surface area contributed by atoms with E-state index in [4.69, 9.17) is 61.6 Å². The molecule has 16 heteroatoms. The fourth-order valence-electron chi connectivity index (χ4n) is 8.10. The number of alkyl carbamates (subject to hydrolysis) is 1. The summed E-state index contributed by atoms with van der Waals surface area (Å²) in [6, 6.07) is 16.5. The Hall–Kier alpha value is -3.26. The van der Waals surface area contributed by atoms with Crippen LogP contribution in [0.5, 0.6) is 0 Å². The molecule has 1 aliphatic carbocycles. The molecular weight excluding hydrogens is 939 g/mol. The minimum Gasteiger partial charge on any atom is -0.463 e. The number of carbonyl (C=O) groups is 2. The smallest absolute Gasteiger partial charge is 0.407 e. The molecule has 418 valence electrons. The molecule has 0 saturated carbocycles. The minimum absolute atomic E-state index is 0.0320. The van der Waals surface area contributed by atoms with Crippen molar-refractivity contribution in [3.63, 3.8) is 0 Å². The van der Waals surface area contributed by atoms with Crippen LogP contribution in [0.25, 0.3) is 11.1 Å². The first kappa shape index (κ1) is 64.0. The van der Waals surface area contributed by atoms with Crippen LogP contribution < -0.4 is 5.32 Å². The molecule has 0 fully saturated rings. The summed E-state index contributed by atoms with van der Waals surface area (Å²) in [5, 5.41) is 2.75. The summed E-state index contributed by atoms with van der Waals surface area (Å²) in [5.41, 5.74) is 4.76. The number of nitrogens with one attached hydrogen (secondary N) is 1. The van der Waals surface area contributed by atoms with E-state index in [0.717, 1.165) is 12.8 Å². The van der Waals surface area contributed by atoms with Crippen molar-refractivity contribution >= 4 is 12.1 Å². The molecule has 0 spiro atoms. The van der Waals surface area contributed by atoms with E-state index >= 15 is 0 Å². The van der Waals surface area contributed by atoms with Gasteiger partial charge in [-0.3, -0.25) is 4.79 Å². The Morgan fingerprint density at radius 2 is 0.671 bits per heavy atom. The molecule has 0 bridgehead atoms. The van der Waals surface area contributed by atoms with Gasteiger partial charge in [-0.2, -0.15) is 0 Å².